The second-order valence-electron chi connectivity index (χ2n) is 7.41. The van der Waals surface area contributed by atoms with Crippen LogP contribution in [-0.2, 0) is 11.3 Å². The smallest absolute Gasteiger partial charge is 0.230 e. The molecule has 0 aliphatic carbocycles. The van der Waals surface area contributed by atoms with Crippen molar-refractivity contribution in [3.8, 4) is 5.69 Å². The van der Waals surface area contributed by atoms with E-state index in [1.807, 2.05) is 10.8 Å². The summed E-state index contributed by atoms with van der Waals surface area (Å²) in [7, 11) is 0. The Bertz CT molecular complexity index is 1160. The zero-order valence-electron chi connectivity index (χ0n) is 17.3. The maximum Gasteiger partial charge on any atom is 0.230 e. The number of rotatable bonds is 8. The third-order valence-electron chi connectivity index (χ3n) is 5.29. The largest absolute Gasteiger partial charge is 0.355 e. The minimum absolute atomic E-state index is 0.0343. The molecule has 4 rings (SSSR count). The number of imidazole rings is 1. The predicted molar refractivity (Wildman–Crippen MR) is 123 cm³/mol. The minimum Gasteiger partial charge on any atom is -0.355 e. The average molecular weight is 419 g/mol. The lowest BCUT2D eigenvalue weighted by molar-refractivity contribution is -0.118. The zero-order valence-corrected chi connectivity index (χ0v) is 18.2. The molecule has 2 heterocycles. The number of nitrogens with zero attached hydrogens (tertiary/aromatic N) is 3. The maximum atomic E-state index is 12.3. The molecule has 0 aliphatic heterocycles. The highest BCUT2D eigenvalue weighted by atomic mass is 32.2. The van der Waals surface area contributed by atoms with E-state index >= 15 is 0 Å². The van der Waals surface area contributed by atoms with Crippen LogP contribution in [0.1, 0.15) is 17.5 Å². The number of para-hydroxylation sites is 1. The molecule has 0 saturated carbocycles. The SMILES string of the molecule is Cc1ccc(-n2ccnc2SCC(=O)NCCCn2ccc3ccccc32)cc1C. The lowest BCUT2D eigenvalue weighted by atomic mass is 10.1. The molecule has 0 unspecified atom stereocenters. The second kappa shape index (κ2) is 9.22. The molecule has 2 aromatic carbocycles. The number of aryl methyl sites for hydroxylation is 3. The molecule has 4 aromatic rings. The van der Waals surface area contributed by atoms with Gasteiger partial charge in [-0.3, -0.25) is 9.36 Å². The van der Waals surface area contributed by atoms with E-state index in [4.69, 9.17) is 0 Å². The monoisotopic (exact) mass is 418 g/mol. The fourth-order valence-electron chi connectivity index (χ4n) is 3.46. The highest BCUT2D eigenvalue weighted by molar-refractivity contribution is 7.99. The summed E-state index contributed by atoms with van der Waals surface area (Å²) in [6, 6.07) is 16.8. The highest BCUT2D eigenvalue weighted by Crippen LogP contribution is 2.22. The molecule has 0 spiro atoms. The molecule has 5 nitrogen and oxygen atoms in total. The van der Waals surface area contributed by atoms with E-state index in [2.05, 4.69) is 83.4 Å². The number of benzene rings is 2. The minimum atomic E-state index is 0.0343. The Balaban J connectivity index is 1.25. The van der Waals surface area contributed by atoms with Gasteiger partial charge < -0.3 is 9.88 Å². The molecule has 2 aromatic heterocycles. The third kappa shape index (κ3) is 4.60. The van der Waals surface area contributed by atoms with E-state index < -0.39 is 0 Å². The highest BCUT2D eigenvalue weighted by Gasteiger charge is 2.10. The van der Waals surface area contributed by atoms with Gasteiger partial charge in [-0.05, 0) is 61.0 Å². The third-order valence-corrected chi connectivity index (χ3v) is 6.25. The van der Waals surface area contributed by atoms with Crippen molar-refractivity contribution in [3.05, 3.63) is 78.2 Å². The van der Waals surface area contributed by atoms with Crippen LogP contribution in [0.5, 0.6) is 0 Å². The van der Waals surface area contributed by atoms with Crippen LogP contribution in [0.15, 0.2) is 72.3 Å². The first-order valence-corrected chi connectivity index (χ1v) is 11.1. The molecule has 154 valence electrons. The second-order valence-corrected chi connectivity index (χ2v) is 8.35. The Kier molecular flexibility index (Phi) is 6.23. The van der Waals surface area contributed by atoms with Crippen molar-refractivity contribution in [2.45, 2.75) is 32.0 Å². The van der Waals surface area contributed by atoms with Gasteiger partial charge in [0.15, 0.2) is 5.16 Å². The summed E-state index contributed by atoms with van der Waals surface area (Å²) in [6.45, 7) is 5.76. The lowest BCUT2D eigenvalue weighted by Crippen LogP contribution is -2.27. The quantitative estimate of drug-likeness (QED) is 0.332. The van der Waals surface area contributed by atoms with Gasteiger partial charge in [0.05, 0.1) is 5.75 Å². The summed E-state index contributed by atoms with van der Waals surface area (Å²) in [5, 5.41) is 5.09. The summed E-state index contributed by atoms with van der Waals surface area (Å²) in [5.41, 5.74) is 4.81. The predicted octanol–water partition coefficient (Wildman–Crippen LogP) is 4.74. The Morgan fingerprint density at radius 2 is 1.93 bits per heavy atom. The Morgan fingerprint density at radius 3 is 2.80 bits per heavy atom. The average Bonchev–Trinajstić information content (AvgIpc) is 3.39. The first-order valence-electron chi connectivity index (χ1n) is 10.2. The molecule has 0 radical (unpaired) electrons. The summed E-state index contributed by atoms with van der Waals surface area (Å²) >= 11 is 1.46. The summed E-state index contributed by atoms with van der Waals surface area (Å²) < 4.78 is 4.26. The molecular formula is C24H26N4OS. The summed E-state index contributed by atoms with van der Waals surface area (Å²) in [5.74, 6) is 0.390. The number of carbonyl (C=O) groups excluding carboxylic acids is 1. The molecule has 30 heavy (non-hydrogen) atoms. The van der Waals surface area contributed by atoms with E-state index in [1.54, 1.807) is 6.20 Å². The fourth-order valence-corrected chi connectivity index (χ4v) is 4.27. The molecular weight excluding hydrogens is 392 g/mol. The first-order chi connectivity index (χ1) is 14.6. The van der Waals surface area contributed by atoms with Crippen LogP contribution in [0.3, 0.4) is 0 Å². The molecule has 0 saturated heterocycles. The van der Waals surface area contributed by atoms with E-state index in [0.717, 1.165) is 23.8 Å². The van der Waals surface area contributed by atoms with Gasteiger partial charge in [-0.2, -0.15) is 0 Å². The van der Waals surface area contributed by atoms with Gasteiger partial charge in [0, 0.05) is 42.9 Å². The van der Waals surface area contributed by atoms with Crippen molar-refractivity contribution in [3.63, 3.8) is 0 Å². The van der Waals surface area contributed by atoms with Gasteiger partial charge in [0.1, 0.15) is 0 Å². The van der Waals surface area contributed by atoms with Crippen LogP contribution in [-0.4, -0.2) is 32.3 Å². The van der Waals surface area contributed by atoms with Crippen molar-refractivity contribution in [2.24, 2.45) is 0 Å². The van der Waals surface area contributed by atoms with Crippen molar-refractivity contribution >= 4 is 28.6 Å². The first kappa shape index (κ1) is 20.3. The molecule has 0 fully saturated rings. The van der Waals surface area contributed by atoms with E-state index in [-0.39, 0.29) is 5.91 Å². The van der Waals surface area contributed by atoms with Crippen LogP contribution in [0.4, 0.5) is 0 Å². The molecule has 0 atom stereocenters. The van der Waals surface area contributed by atoms with Crippen molar-refractivity contribution in [2.75, 3.05) is 12.3 Å². The van der Waals surface area contributed by atoms with E-state index in [1.165, 1.54) is 33.8 Å². The van der Waals surface area contributed by atoms with Crippen molar-refractivity contribution in [1.29, 1.82) is 0 Å². The maximum absolute atomic E-state index is 12.3. The van der Waals surface area contributed by atoms with Gasteiger partial charge in [0.25, 0.3) is 0 Å². The van der Waals surface area contributed by atoms with Crippen molar-refractivity contribution in [1.82, 2.24) is 19.4 Å². The number of fused-ring (bicyclic) bond motifs is 1. The standard InChI is InChI=1S/C24H26N4OS/c1-18-8-9-21(16-19(18)2)28-15-12-26-24(28)30-17-23(29)25-11-5-13-27-14-10-20-6-3-4-7-22(20)27/h3-4,6-10,12,14-16H,5,11,13,17H2,1-2H3,(H,25,29). The van der Waals surface area contributed by atoms with Gasteiger partial charge in [-0.15, -0.1) is 0 Å². The topological polar surface area (TPSA) is 51.9 Å². The molecule has 0 bridgehead atoms. The number of hydrogen-bond acceptors (Lipinski definition) is 3. The number of hydrogen-bond donors (Lipinski definition) is 1. The molecule has 6 heteroatoms. The van der Waals surface area contributed by atoms with Gasteiger partial charge in [-0.1, -0.05) is 36.0 Å². The van der Waals surface area contributed by atoms with E-state index in [0.29, 0.717) is 12.3 Å². The van der Waals surface area contributed by atoms with E-state index in [9.17, 15) is 4.79 Å². The lowest BCUT2D eigenvalue weighted by Gasteiger charge is -2.10. The van der Waals surface area contributed by atoms with Crippen LogP contribution in [0, 0.1) is 13.8 Å². The normalized spacial score (nSPS) is 11.1. The number of aromatic nitrogens is 3. The summed E-state index contributed by atoms with van der Waals surface area (Å²) in [4.78, 5) is 16.7. The van der Waals surface area contributed by atoms with Crippen LogP contribution in [0.25, 0.3) is 16.6 Å². The number of amides is 1. The Morgan fingerprint density at radius 1 is 1.07 bits per heavy atom. The zero-order chi connectivity index (χ0) is 20.9. The molecule has 1 amide bonds. The molecule has 1 N–H and O–H groups in total. The van der Waals surface area contributed by atoms with Gasteiger partial charge in [-0.25, -0.2) is 4.98 Å². The summed E-state index contributed by atoms with van der Waals surface area (Å²) in [6.07, 6.45) is 6.71. The fraction of sp³-hybridized carbons (Fsp3) is 0.250. The number of carbonyl (C=O) groups is 1. The van der Waals surface area contributed by atoms with Gasteiger partial charge >= 0.3 is 0 Å². The van der Waals surface area contributed by atoms with Crippen LogP contribution >= 0.6 is 11.8 Å². The molecule has 0 aliphatic rings. The Labute approximate surface area is 181 Å². The van der Waals surface area contributed by atoms with Gasteiger partial charge in [0.2, 0.25) is 5.91 Å². The Hall–Kier alpha value is -2.99. The number of nitrogens with one attached hydrogen (secondary N) is 1. The van der Waals surface area contributed by atoms with Crippen molar-refractivity contribution < 1.29 is 4.79 Å². The number of thioether (sulfide) groups is 1. The van der Waals surface area contributed by atoms with Crippen LogP contribution in [0.2, 0.25) is 0 Å². The van der Waals surface area contributed by atoms with Crippen LogP contribution < -0.4 is 5.32 Å².